The number of carbonyl (C=O) groups excluding carboxylic acids is 1. The number of thiocarbonyl (C=S) groups is 1. The molecule has 3 rings (SSSR count). The Morgan fingerprint density at radius 1 is 1.21 bits per heavy atom. The molecule has 1 aliphatic heterocycles. The number of aryl methyl sites for hydroxylation is 1. The molecule has 7 heteroatoms. The van der Waals surface area contributed by atoms with Crippen molar-refractivity contribution in [1.29, 1.82) is 0 Å². The molecule has 0 atom stereocenters. The number of anilines is 1. The van der Waals surface area contributed by atoms with Gasteiger partial charge in [0.05, 0.1) is 5.69 Å². The summed E-state index contributed by atoms with van der Waals surface area (Å²) < 4.78 is 26.7. The predicted molar refractivity (Wildman–Crippen MR) is 93.7 cm³/mol. The number of carbonyl (C=O) groups is 1. The van der Waals surface area contributed by atoms with Crippen LogP contribution in [-0.4, -0.2) is 11.0 Å². The summed E-state index contributed by atoms with van der Waals surface area (Å²) >= 11 is 11.1. The van der Waals surface area contributed by atoms with Crippen LogP contribution in [0, 0.1) is 18.6 Å². The molecule has 1 heterocycles. The van der Waals surface area contributed by atoms with Crippen molar-refractivity contribution in [2.75, 3.05) is 4.90 Å². The lowest BCUT2D eigenvalue weighted by molar-refractivity contribution is -0.113. The lowest BCUT2D eigenvalue weighted by Crippen LogP contribution is -2.30. The minimum Gasteiger partial charge on any atom is -0.327 e. The Hall–Kier alpha value is -2.31. The maximum absolute atomic E-state index is 13.8. The zero-order valence-corrected chi connectivity index (χ0v) is 14.0. The molecule has 0 aromatic heterocycles. The summed E-state index contributed by atoms with van der Waals surface area (Å²) in [6.45, 7) is 1.80. The molecular weight excluding hydrogens is 354 g/mol. The number of amides is 1. The molecule has 24 heavy (non-hydrogen) atoms. The smallest absolute Gasteiger partial charge is 0.281 e. The Labute approximate surface area is 147 Å². The van der Waals surface area contributed by atoms with Crippen LogP contribution in [0.5, 0.6) is 0 Å². The van der Waals surface area contributed by atoms with Gasteiger partial charge in [0.1, 0.15) is 17.3 Å². The minimum atomic E-state index is -0.760. The van der Waals surface area contributed by atoms with Crippen LogP contribution in [0.2, 0.25) is 5.02 Å². The summed E-state index contributed by atoms with van der Waals surface area (Å²) in [7, 11) is 0. The average Bonchev–Trinajstić information content (AvgIpc) is 2.77. The summed E-state index contributed by atoms with van der Waals surface area (Å²) in [5.74, 6) is -1.87. The van der Waals surface area contributed by atoms with Crippen LogP contribution >= 0.6 is 23.8 Å². The SMILES string of the molecule is Cc1cc(Cl)ccc1N1C(=O)/C(=C\c2ccc(F)cc2F)NC1=S. The molecule has 3 nitrogen and oxygen atoms in total. The fraction of sp³-hybridized carbons (Fsp3) is 0.0588. The molecule has 0 radical (unpaired) electrons. The number of nitrogens with one attached hydrogen (secondary N) is 1. The first kappa shape index (κ1) is 16.5. The highest BCUT2D eigenvalue weighted by atomic mass is 35.5. The van der Waals surface area contributed by atoms with E-state index in [0.717, 1.165) is 17.7 Å². The van der Waals surface area contributed by atoms with Crippen molar-refractivity contribution >= 4 is 46.6 Å². The van der Waals surface area contributed by atoms with Gasteiger partial charge in [-0.1, -0.05) is 11.6 Å². The summed E-state index contributed by atoms with van der Waals surface area (Å²) in [6.07, 6.45) is 1.30. The molecule has 1 saturated heterocycles. The Morgan fingerprint density at radius 3 is 2.62 bits per heavy atom. The molecule has 2 aromatic carbocycles. The van der Waals surface area contributed by atoms with Gasteiger partial charge < -0.3 is 5.32 Å². The number of nitrogens with zero attached hydrogens (tertiary/aromatic N) is 1. The van der Waals surface area contributed by atoms with Gasteiger partial charge in [0.15, 0.2) is 5.11 Å². The first-order valence-corrected chi connectivity index (χ1v) is 7.74. The summed E-state index contributed by atoms with van der Waals surface area (Å²) in [5, 5.41) is 3.49. The molecule has 1 fully saturated rings. The Balaban J connectivity index is 1.98. The van der Waals surface area contributed by atoms with E-state index in [9.17, 15) is 13.6 Å². The van der Waals surface area contributed by atoms with Crippen molar-refractivity contribution in [3.05, 3.63) is 69.9 Å². The molecule has 0 bridgehead atoms. The van der Waals surface area contributed by atoms with Gasteiger partial charge in [-0.3, -0.25) is 9.69 Å². The van der Waals surface area contributed by atoms with Crippen molar-refractivity contribution in [3.8, 4) is 0 Å². The Kier molecular flexibility index (Phi) is 4.34. The van der Waals surface area contributed by atoms with Gasteiger partial charge in [-0.2, -0.15) is 0 Å². The predicted octanol–water partition coefficient (Wildman–Crippen LogP) is 4.19. The van der Waals surface area contributed by atoms with Gasteiger partial charge in [0.25, 0.3) is 5.91 Å². The number of hydrogen-bond acceptors (Lipinski definition) is 2. The second-order valence-corrected chi connectivity index (χ2v) is 6.05. The van der Waals surface area contributed by atoms with Crippen molar-refractivity contribution < 1.29 is 13.6 Å². The summed E-state index contributed by atoms with van der Waals surface area (Å²) in [5.41, 5.74) is 1.56. The third-order valence-electron chi connectivity index (χ3n) is 3.54. The Morgan fingerprint density at radius 2 is 1.96 bits per heavy atom. The van der Waals surface area contributed by atoms with E-state index in [1.54, 1.807) is 25.1 Å². The normalized spacial score (nSPS) is 16.0. The third-order valence-corrected chi connectivity index (χ3v) is 4.06. The topological polar surface area (TPSA) is 32.3 Å². The number of rotatable bonds is 2. The molecule has 1 N–H and O–H groups in total. The zero-order valence-electron chi connectivity index (χ0n) is 12.4. The van der Waals surface area contributed by atoms with Crippen LogP contribution in [0.25, 0.3) is 6.08 Å². The van der Waals surface area contributed by atoms with Gasteiger partial charge in [-0.05, 0) is 61.1 Å². The third kappa shape index (κ3) is 3.02. The fourth-order valence-corrected chi connectivity index (χ4v) is 2.92. The summed E-state index contributed by atoms with van der Waals surface area (Å²) in [4.78, 5) is 13.9. The molecule has 1 aliphatic rings. The highest BCUT2D eigenvalue weighted by molar-refractivity contribution is 7.80. The van der Waals surface area contributed by atoms with Crippen LogP contribution in [0.15, 0.2) is 42.1 Å². The number of hydrogen-bond donors (Lipinski definition) is 1. The lowest BCUT2D eigenvalue weighted by Gasteiger charge is -2.16. The van der Waals surface area contributed by atoms with Gasteiger partial charge >= 0.3 is 0 Å². The van der Waals surface area contributed by atoms with Crippen LogP contribution in [0.4, 0.5) is 14.5 Å². The standard InChI is InChI=1S/C17H11ClF2N2OS/c1-9-6-11(18)3-5-15(9)22-16(23)14(21-17(22)24)7-10-2-4-12(19)8-13(10)20/h2-8H,1H3,(H,21,24)/b14-7+. The van der Waals surface area contributed by atoms with E-state index in [0.29, 0.717) is 10.7 Å². The van der Waals surface area contributed by atoms with E-state index in [4.69, 9.17) is 23.8 Å². The van der Waals surface area contributed by atoms with Crippen LogP contribution < -0.4 is 10.2 Å². The van der Waals surface area contributed by atoms with E-state index in [1.807, 2.05) is 0 Å². The maximum atomic E-state index is 13.8. The van der Waals surface area contributed by atoms with Crippen molar-refractivity contribution in [2.45, 2.75) is 6.92 Å². The Bertz CT molecular complexity index is 898. The van der Waals surface area contributed by atoms with Gasteiger partial charge in [0, 0.05) is 16.7 Å². The van der Waals surface area contributed by atoms with E-state index in [-0.39, 0.29) is 16.4 Å². The van der Waals surface area contributed by atoms with Crippen molar-refractivity contribution in [2.24, 2.45) is 0 Å². The van der Waals surface area contributed by atoms with Crippen molar-refractivity contribution in [1.82, 2.24) is 5.32 Å². The highest BCUT2D eigenvalue weighted by Crippen LogP contribution is 2.28. The average molecular weight is 365 g/mol. The molecular formula is C17H11ClF2N2OS. The second-order valence-electron chi connectivity index (χ2n) is 5.23. The maximum Gasteiger partial charge on any atom is 0.281 e. The van der Waals surface area contributed by atoms with Gasteiger partial charge in [-0.25, -0.2) is 8.78 Å². The molecule has 122 valence electrons. The number of benzene rings is 2. The first-order valence-electron chi connectivity index (χ1n) is 6.95. The largest absolute Gasteiger partial charge is 0.327 e. The molecule has 0 unspecified atom stereocenters. The van der Waals surface area contributed by atoms with E-state index >= 15 is 0 Å². The summed E-state index contributed by atoms with van der Waals surface area (Å²) in [6, 6.07) is 8.19. The van der Waals surface area contributed by atoms with E-state index in [1.165, 1.54) is 17.0 Å². The molecule has 0 saturated carbocycles. The fourth-order valence-electron chi connectivity index (χ4n) is 2.40. The molecule has 0 aliphatic carbocycles. The van der Waals surface area contributed by atoms with Crippen LogP contribution in [0.3, 0.4) is 0 Å². The highest BCUT2D eigenvalue weighted by Gasteiger charge is 2.33. The zero-order chi connectivity index (χ0) is 17.4. The molecule has 0 spiro atoms. The quantitative estimate of drug-likeness (QED) is 0.640. The molecule has 1 amide bonds. The van der Waals surface area contributed by atoms with Crippen LogP contribution in [0.1, 0.15) is 11.1 Å². The van der Waals surface area contributed by atoms with E-state index < -0.39 is 17.5 Å². The number of halogens is 3. The monoisotopic (exact) mass is 364 g/mol. The van der Waals surface area contributed by atoms with Gasteiger partial charge in [-0.15, -0.1) is 0 Å². The molecule has 2 aromatic rings. The van der Waals surface area contributed by atoms with Gasteiger partial charge in [0.2, 0.25) is 0 Å². The minimum absolute atomic E-state index is 0.0877. The second kappa shape index (κ2) is 6.30. The lowest BCUT2D eigenvalue weighted by atomic mass is 10.1. The van der Waals surface area contributed by atoms with E-state index in [2.05, 4.69) is 5.32 Å². The first-order chi connectivity index (χ1) is 11.4. The van der Waals surface area contributed by atoms with Crippen LogP contribution in [-0.2, 0) is 4.79 Å². The van der Waals surface area contributed by atoms with Crippen molar-refractivity contribution in [3.63, 3.8) is 0 Å².